The second kappa shape index (κ2) is 8.53. The molecule has 0 aromatic heterocycles. The van der Waals surface area contributed by atoms with Crippen molar-refractivity contribution in [2.24, 2.45) is 0 Å². The van der Waals surface area contributed by atoms with Crippen LogP contribution in [0.2, 0.25) is 0 Å². The van der Waals surface area contributed by atoms with Crippen LogP contribution in [0, 0.1) is 6.92 Å². The van der Waals surface area contributed by atoms with Crippen LogP contribution in [0.25, 0.3) is 0 Å². The maximum atomic E-state index is 12.4. The molecule has 3 atom stereocenters. The summed E-state index contributed by atoms with van der Waals surface area (Å²) in [6.07, 6.45) is 3.81. The van der Waals surface area contributed by atoms with E-state index in [-0.39, 0.29) is 29.6 Å². The summed E-state index contributed by atoms with van der Waals surface area (Å²) in [6, 6.07) is 5.50. The van der Waals surface area contributed by atoms with Gasteiger partial charge in [-0.15, -0.1) is 12.4 Å². The van der Waals surface area contributed by atoms with E-state index in [1.807, 2.05) is 19.9 Å². The monoisotopic (exact) mass is 344 g/mol. The fraction of sp³-hybridized carbons (Fsp3) is 0.562. The van der Waals surface area contributed by atoms with Gasteiger partial charge in [0.05, 0.1) is 0 Å². The first-order valence-corrected chi connectivity index (χ1v) is 8.93. The smallest absolute Gasteiger partial charge is 0.251 e. The zero-order valence-corrected chi connectivity index (χ0v) is 14.8. The first kappa shape index (κ1) is 19.0. The van der Waals surface area contributed by atoms with Gasteiger partial charge in [-0.05, 0) is 43.9 Å². The molecule has 1 aliphatic carbocycles. The molecule has 1 aromatic carbocycles. The summed E-state index contributed by atoms with van der Waals surface area (Å²) in [7, 11) is -0.773. The molecule has 0 heterocycles. The van der Waals surface area contributed by atoms with Crippen LogP contribution >= 0.6 is 12.4 Å². The number of aryl methyl sites for hydroxylation is 1. The Morgan fingerprint density at radius 2 is 2.14 bits per heavy atom. The van der Waals surface area contributed by atoms with Crippen molar-refractivity contribution in [1.82, 2.24) is 5.32 Å². The third kappa shape index (κ3) is 4.71. The first-order valence-electron chi connectivity index (χ1n) is 7.55. The van der Waals surface area contributed by atoms with Crippen LogP contribution in [-0.2, 0) is 10.8 Å². The minimum Gasteiger partial charge on any atom is -0.399 e. The summed E-state index contributed by atoms with van der Waals surface area (Å²) in [6.45, 7) is 3.86. The van der Waals surface area contributed by atoms with Gasteiger partial charge in [-0.25, -0.2) is 0 Å². The third-order valence-corrected chi connectivity index (χ3v) is 5.86. The Bertz CT molecular complexity index is 551. The number of amides is 1. The van der Waals surface area contributed by atoms with Gasteiger partial charge in [0, 0.05) is 39.1 Å². The van der Waals surface area contributed by atoms with Crippen molar-refractivity contribution < 1.29 is 9.00 Å². The molecule has 2 rings (SSSR count). The number of rotatable bonds is 4. The largest absolute Gasteiger partial charge is 0.399 e. The highest BCUT2D eigenvalue weighted by Crippen LogP contribution is 2.23. The van der Waals surface area contributed by atoms with Crippen molar-refractivity contribution in [2.75, 3.05) is 11.5 Å². The Morgan fingerprint density at radius 1 is 1.41 bits per heavy atom. The number of nitrogens with two attached hydrogens (primary N) is 1. The van der Waals surface area contributed by atoms with Gasteiger partial charge in [0.2, 0.25) is 0 Å². The van der Waals surface area contributed by atoms with Gasteiger partial charge < -0.3 is 11.1 Å². The molecule has 0 spiro atoms. The molecule has 1 saturated carbocycles. The number of hydrogen-bond acceptors (Lipinski definition) is 3. The zero-order valence-electron chi connectivity index (χ0n) is 13.1. The molecule has 1 amide bonds. The Labute approximate surface area is 141 Å². The molecule has 1 fully saturated rings. The van der Waals surface area contributed by atoms with Crippen LogP contribution in [0.5, 0.6) is 0 Å². The fourth-order valence-electron chi connectivity index (χ4n) is 2.90. The topological polar surface area (TPSA) is 72.2 Å². The lowest BCUT2D eigenvalue weighted by atomic mass is 9.94. The van der Waals surface area contributed by atoms with Crippen LogP contribution in [-0.4, -0.2) is 27.2 Å². The molecule has 22 heavy (non-hydrogen) atoms. The highest BCUT2D eigenvalue weighted by atomic mass is 35.5. The molecule has 1 aromatic rings. The Kier molecular flexibility index (Phi) is 7.36. The van der Waals surface area contributed by atoms with E-state index in [0.29, 0.717) is 17.0 Å². The number of anilines is 1. The van der Waals surface area contributed by atoms with Crippen molar-refractivity contribution in [2.45, 2.75) is 50.8 Å². The normalized spacial score (nSPS) is 22.5. The molecular weight excluding hydrogens is 320 g/mol. The van der Waals surface area contributed by atoms with Crippen molar-refractivity contribution >= 4 is 34.8 Å². The Morgan fingerprint density at radius 3 is 2.82 bits per heavy atom. The molecule has 3 N–H and O–H groups in total. The predicted octanol–water partition coefficient (Wildman–Crippen LogP) is 2.81. The van der Waals surface area contributed by atoms with Crippen LogP contribution < -0.4 is 11.1 Å². The summed E-state index contributed by atoms with van der Waals surface area (Å²) in [5, 5.41) is 3.30. The highest BCUT2D eigenvalue weighted by Gasteiger charge is 2.27. The highest BCUT2D eigenvalue weighted by molar-refractivity contribution is 7.85. The minimum absolute atomic E-state index is 0. The van der Waals surface area contributed by atoms with Gasteiger partial charge in [-0.2, -0.15) is 0 Å². The summed E-state index contributed by atoms with van der Waals surface area (Å²) < 4.78 is 11.9. The summed E-state index contributed by atoms with van der Waals surface area (Å²) in [4.78, 5) is 12.4. The van der Waals surface area contributed by atoms with E-state index < -0.39 is 10.8 Å². The number of hydrogen-bond donors (Lipinski definition) is 2. The maximum absolute atomic E-state index is 12.4. The van der Waals surface area contributed by atoms with Gasteiger partial charge in [-0.1, -0.05) is 19.4 Å². The average Bonchev–Trinajstić information content (AvgIpc) is 2.49. The van der Waals surface area contributed by atoms with Crippen LogP contribution in [0.1, 0.15) is 48.5 Å². The molecule has 4 nitrogen and oxygen atoms in total. The van der Waals surface area contributed by atoms with Crippen LogP contribution in [0.4, 0.5) is 5.69 Å². The lowest BCUT2D eigenvalue weighted by Gasteiger charge is -2.29. The summed E-state index contributed by atoms with van der Waals surface area (Å²) >= 11 is 0. The van der Waals surface area contributed by atoms with E-state index in [1.165, 1.54) is 0 Å². The molecule has 6 heteroatoms. The predicted molar refractivity (Wildman–Crippen MR) is 95.0 cm³/mol. The van der Waals surface area contributed by atoms with E-state index in [0.717, 1.165) is 31.2 Å². The molecule has 0 saturated heterocycles. The maximum Gasteiger partial charge on any atom is 0.251 e. The number of benzene rings is 1. The third-order valence-electron chi connectivity index (χ3n) is 4.12. The molecule has 1 aliphatic rings. The molecule has 0 bridgehead atoms. The molecule has 0 aliphatic heterocycles. The Hall–Kier alpha value is -1.07. The van der Waals surface area contributed by atoms with Crippen LogP contribution in [0.15, 0.2) is 18.2 Å². The minimum atomic E-state index is -0.773. The van der Waals surface area contributed by atoms with E-state index in [4.69, 9.17) is 5.73 Å². The Balaban J connectivity index is 0.00000242. The van der Waals surface area contributed by atoms with Crippen molar-refractivity contribution in [3.8, 4) is 0 Å². The number of carbonyl (C=O) groups is 1. The molecular formula is C16H25ClN2O2S. The number of nitrogens with one attached hydrogen (secondary N) is 1. The van der Waals surface area contributed by atoms with E-state index in [2.05, 4.69) is 5.32 Å². The number of halogens is 1. The fourth-order valence-corrected chi connectivity index (χ4v) is 4.25. The molecule has 124 valence electrons. The SMILES string of the molecule is CCS(=O)C1CCCC(NC(=O)c2cc(N)ccc2C)C1.Cl. The lowest BCUT2D eigenvalue weighted by molar-refractivity contribution is 0.0927. The van der Waals surface area contributed by atoms with Gasteiger partial charge in [0.1, 0.15) is 0 Å². The van der Waals surface area contributed by atoms with E-state index in [1.54, 1.807) is 12.1 Å². The molecule has 0 radical (unpaired) electrons. The van der Waals surface area contributed by atoms with Gasteiger partial charge in [0.25, 0.3) is 5.91 Å². The number of carbonyl (C=O) groups excluding carboxylic acids is 1. The summed E-state index contributed by atoms with van der Waals surface area (Å²) in [5.41, 5.74) is 7.91. The van der Waals surface area contributed by atoms with Crippen molar-refractivity contribution in [3.05, 3.63) is 29.3 Å². The number of nitrogen functional groups attached to an aromatic ring is 1. The first-order chi connectivity index (χ1) is 10.0. The van der Waals surface area contributed by atoms with E-state index >= 15 is 0 Å². The van der Waals surface area contributed by atoms with E-state index in [9.17, 15) is 9.00 Å². The van der Waals surface area contributed by atoms with Crippen LogP contribution in [0.3, 0.4) is 0 Å². The summed E-state index contributed by atoms with van der Waals surface area (Å²) in [5.74, 6) is 0.618. The second-order valence-corrected chi connectivity index (χ2v) is 7.71. The van der Waals surface area contributed by atoms with Crippen molar-refractivity contribution in [3.63, 3.8) is 0 Å². The molecule has 3 unspecified atom stereocenters. The second-order valence-electron chi connectivity index (χ2n) is 5.70. The van der Waals surface area contributed by atoms with Gasteiger partial charge in [0.15, 0.2) is 0 Å². The van der Waals surface area contributed by atoms with Gasteiger partial charge >= 0.3 is 0 Å². The van der Waals surface area contributed by atoms with Gasteiger partial charge in [-0.3, -0.25) is 9.00 Å². The quantitative estimate of drug-likeness (QED) is 0.825. The lowest BCUT2D eigenvalue weighted by Crippen LogP contribution is -2.41. The zero-order chi connectivity index (χ0) is 15.4. The average molecular weight is 345 g/mol. The van der Waals surface area contributed by atoms with Crippen molar-refractivity contribution in [1.29, 1.82) is 0 Å². The standard InChI is InChI=1S/C16H24N2O2S.ClH/c1-3-21(20)14-6-4-5-13(10-14)18-16(19)15-9-12(17)8-7-11(15)2;/h7-9,13-14H,3-6,10,17H2,1-2H3,(H,18,19);1H.